The van der Waals surface area contributed by atoms with Gasteiger partial charge in [-0.25, -0.2) is 9.37 Å². The van der Waals surface area contributed by atoms with Crippen LogP contribution in [0.5, 0.6) is 0 Å². The Morgan fingerprint density at radius 3 is 2.69 bits per heavy atom. The fourth-order valence-electron chi connectivity index (χ4n) is 2.79. The maximum absolute atomic E-state index is 13.0. The molecule has 0 aliphatic heterocycles. The van der Waals surface area contributed by atoms with Crippen LogP contribution in [0.2, 0.25) is 0 Å². The molecule has 0 saturated carbocycles. The van der Waals surface area contributed by atoms with E-state index in [1.807, 2.05) is 6.07 Å². The number of nitrogens with zero attached hydrogens (tertiary/aromatic N) is 2. The van der Waals surface area contributed by atoms with Gasteiger partial charge < -0.3 is 10.1 Å². The zero-order valence-electron chi connectivity index (χ0n) is 16.2. The van der Waals surface area contributed by atoms with Gasteiger partial charge in [0.25, 0.3) is 5.56 Å². The van der Waals surface area contributed by atoms with E-state index in [0.717, 1.165) is 0 Å². The van der Waals surface area contributed by atoms with Gasteiger partial charge in [0.1, 0.15) is 5.82 Å². The van der Waals surface area contributed by atoms with Crippen molar-refractivity contribution in [3.63, 3.8) is 0 Å². The molecule has 0 saturated heterocycles. The summed E-state index contributed by atoms with van der Waals surface area (Å²) in [6, 6.07) is 12.7. The number of anilines is 1. The highest BCUT2D eigenvalue weighted by atomic mass is 32.2. The van der Waals surface area contributed by atoms with Crippen LogP contribution in [0.4, 0.5) is 10.1 Å². The highest BCUT2D eigenvalue weighted by Gasteiger charge is 2.19. The van der Waals surface area contributed by atoms with Gasteiger partial charge in [0.15, 0.2) is 5.16 Å². The van der Waals surface area contributed by atoms with Crippen molar-refractivity contribution in [3.8, 4) is 0 Å². The molecule has 0 spiro atoms. The summed E-state index contributed by atoms with van der Waals surface area (Å²) < 4.78 is 19.7. The molecule has 3 rings (SSSR count). The molecule has 0 bridgehead atoms. The SMILES string of the molecule is COCCCn1c(S[C@@H](C)C(=O)Nc2ccc(F)cc2)nc2ccccc2c1=O. The summed E-state index contributed by atoms with van der Waals surface area (Å²) in [5, 5.41) is 3.26. The molecular weight excluding hydrogens is 393 g/mol. The average Bonchev–Trinajstić information content (AvgIpc) is 2.72. The van der Waals surface area contributed by atoms with Gasteiger partial charge in [-0.2, -0.15) is 0 Å². The lowest BCUT2D eigenvalue weighted by Crippen LogP contribution is -2.27. The van der Waals surface area contributed by atoms with Crippen LogP contribution in [0.15, 0.2) is 58.5 Å². The van der Waals surface area contributed by atoms with Crippen molar-refractivity contribution >= 4 is 34.3 Å². The van der Waals surface area contributed by atoms with Crippen LogP contribution < -0.4 is 10.9 Å². The van der Waals surface area contributed by atoms with E-state index in [1.54, 1.807) is 36.8 Å². The third kappa shape index (κ3) is 5.21. The highest BCUT2D eigenvalue weighted by molar-refractivity contribution is 8.00. The van der Waals surface area contributed by atoms with Gasteiger partial charge in [-0.15, -0.1) is 0 Å². The van der Waals surface area contributed by atoms with E-state index in [4.69, 9.17) is 4.74 Å². The molecule has 152 valence electrons. The van der Waals surface area contributed by atoms with Crippen LogP contribution in [0.25, 0.3) is 10.9 Å². The summed E-state index contributed by atoms with van der Waals surface area (Å²) in [4.78, 5) is 30.1. The first-order valence-corrected chi connectivity index (χ1v) is 10.1. The van der Waals surface area contributed by atoms with E-state index in [1.165, 1.54) is 36.0 Å². The average molecular weight is 415 g/mol. The van der Waals surface area contributed by atoms with E-state index < -0.39 is 5.25 Å². The van der Waals surface area contributed by atoms with Crippen LogP contribution in [-0.2, 0) is 16.1 Å². The van der Waals surface area contributed by atoms with Gasteiger partial charge in [0.05, 0.1) is 16.2 Å². The van der Waals surface area contributed by atoms with E-state index in [9.17, 15) is 14.0 Å². The van der Waals surface area contributed by atoms with Gasteiger partial charge in [0, 0.05) is 25.9 Å². The van der Waals surface area contributed by atoms with Gasteiger partial charge in [-0.1, -0.05) is 23.9 Å². The Morgan fingerprint density at radius 2 is 1.97 bits per heavy atom. The quantitative estimate of drug-likeness (QED) is 0.345. The summed E-state index contributed by atoms with van der Waals surface area (Å²) in [6.45, 7) is 2.70. The van der Waals surface area contributed by atoms with E-state index in [2.05, 4.69) is 10.3 Å². The first-order valence-electron chi connectivity index (χ1n) is 9.21. The second-order valence-electron chi connectivity index (χ2n) is 6.47. The Hall–Kier alpha value is -2.71. The molecule has 0 aliphatic carbocycles. The Morgan fingerprint density at radius 1 is 1.24 bits per heavy atom. The number of aromatic nitrogens is 2. The van der Waals surface area contributed by atoms with Crippen molar-refractivity contribution in [2.45, 2.75) is 30.3 Å². The minimum atomic E-state index is -0.512. The Labute approximate surface area is 172 Å². The Kier molecular flexibility index (Phi) is 7.00. The first kappa shape index (κ1) is 21.0. The van der Waals surface area contributed by atoms with Crippen molar-refractivity contribution in [2.24, 2.45) is 0 Å². The summed E-state index contributed by atoms with van der Waals surface area (Å²) in [6.07, 6.45) is 0.653. The molecule has 0 unspecified atom stereocenters. The molecule has 1 atom stereocenters. The predicted octanol–water partition coefficient (Wildman–Crippen LogP) is 3.69. The number of amides is 1. The molecule has 1 N–H and O–H groups in total. The third-order valence-corrected chi connectivity index (χ3v) is 5.41. The smallest absolute Gasteiger partial charge is 0.262 e. The van der Waals surface area contributed by atoms with Crippen molar-refractivity contribution in [1.29, 1.82) is 0 Å². The standard InChI is InChI=1S/C21H22FN3O3S/c1-14(19(26)23-16-10-8-15(22)9-11-16)29-21-24-18-7-4-3-6-17(18)20(27)25(21)12-5-13-28-2/h3-4,6-11,14H,5,12-13H2,1-2H3,(H,23,26)/t14-/m0/s1. The molecule has 1 amide bonds. The number of rotatable bonds is 8. The summed E-state index contributed by atoms with van der Waals surface area (Å²) in [5.41, 5.74) is 0.960. The molecule has 29 heavy (non-hydrogen) atoms. The molecule has 1 heterocycles. The molecule has 3 aromatic rings. The number of para-hydroxylation sites is 1. The second kappa shape index (κ2) is 9.67. The highest BCUT2D eigenvalue weighted by Crippen LogP contribution is 2.24. The number of benzene rings is 2. The van der Waals surface area contributed by atoms with Crippen molar-refractivity contribution in [2.75, 3.05) is 19.0 Å². The third-order valence-electron chi connectivity index (χ3n) is 4.32. The maximum atomic E-state index is 13.0. The van der Waals surface area contributed by atoms with Gasteiger partial charge in [-0.05, 0) is 49.7 Å². The predicted molar refractivity (Wildman–Crippen MR) is 113 cm³/mol. The fraction of sp³-hybridized carbons (Fsp3) is 0.286. The number of fused-ring (bicyclic) bond motifs is 1. The van der Waals surface area contributed by atoms with Crippen LogP contribution in [0.1, 0.15) is 13.3 Å². The lowest BCUT2D eigenvalue weighted by molar-refractivity contribution is -0.115. The number of nitrogens with one attached hydrogen (secondary N) is 1. The van der Waals surface area contributed by atoms with Crippen molar-refractivity contribution in [1.82, 2.24) is 9.55 Å². The molecule has 2 aromatic carbocycles. The van der Waals surface area contributed by atoms with Crippen LogP contribution >= 0.6 is 11.8 Å². The lowest BCUT2D eigenvalue weighted by atomic mass is 10.2. The van der Waals surface area contributed by atoms with E-state index >= 15 is 0 Å². The molecule has 8 heteroatoms. The zero-order valence-corrected chi connectivity index (χ0v) is 17.0. The molecule has 0 radical (unpaired) electrons. The minimum Gasteiger partial charge on any atom is -0.385 e. The van der Waals surface area contributed by atoms with Crippen LogP contribution in [0.3, 0.4) is 0 Å². The summed E-state index contributed by atoms with van der Waals surface area (Å²) in [5.74, 6) is -0.627. The van der Waals surface area contributed by atoms with E-state index in [0.29, 0.717) is 41.3 Å². The Balaban J connectivity index is 1.84. The van der Waals surface area contributed by atoms with Crippen LogP contribution in [-0.4, -0.2) is 34.4 Å². The largest absolute Gasteiger partial charge is 0.385 e. The summed E-state index contributed by atoms with van der Waals surface area (Å²) in [7, 11) is 1.61. The monoisotopic (exact) mass is 415 g/mol. The first-order chi connectivity index (χ1) is 14.0. The minimum absolute atomic E-state index is 0.139. The molecule has 0 aliphatic rings. The molecule has 1 aromatic heterocycles. The number of methoxy groups -OCH3 is 1. The van der Waals surface area contributed by atoms with Gasteiger partial charge in [-0.3, -0.25) is 14.2 Å². The topological polar surface area (TPSA) is 73.2 Å². The normalized spacial score (nSPS) is 12.1. The number of thioether (sulfide) groups is 1. The van der Waals surface area contributed by atoms with Crippen molar-refractivity contribution in [3.05, 3.63) is 64.7 Å². The van der Waals surface area contributed by atoms with Gasteiger partial charge in [0.2, 0.25) is 5.91 Å². The number of hydrogen-bond donors (Lipinski definition) is 1. The number of carbonyl (C=O) groups excluding carboxylic acids is 1. The molecular formula is C21H22FN3O3S. The second-order valence-corrected chi connectivity index (χ2v) is 7.78. The fourth-order valence-corrected chi connectivity index (χ4v) is 3.73. The number of hydrogen-bond acceptors (Lipinski definition) is 5. The zero-order chi connectivity index (χ0) is 20.8. The number of ether oxygens (including phenoxy) is 1. The van der Waals surface area contributed by atoms with Gasteiger partial charge >= 0.3 is 0 Å². The summed E-state index contributed by atoms with van der Waals surface area (Å²) >= 11 is 1.21. The van der Waals surface area contributed by atoms with E-state index in [-0.39, 0.29) is 17.3 Å². The van der Waals surface area contributed by atoms with Crippen LogP contribution in [0, 0.1) is 5.82 Å². The number of carbonyl (C=O) groups is 1. The number of halogens is 1. The molecule has 0 fully saturated rings. The lowest BCUT2D eigenvalue weighted by Gasteiger charge is -2.16. The Bertz CT molecular complexity index is 1050. The van der Waals surface area contributed by atoms with Crippen molar-refractivity contribution < 1.29 is 13.9 Å². The molecule has 6 nitrogen and oxygen atoms in total. The maximum Gasteiger partial charge on any atom is 0.262 e.